The Hall–Kier alpha value is -3.39. The molecule has 0 aliphatic carbocycles. The van der Waals surface area contributed by atoms with E-state index in [9.17, 15) is 18.8 Å². The third-order valence-electron chi connectivity index (χ3n) is 5.66. The number of nitrogens with zero attached hydrogens (tertiary/aromatic N) is 3. The Bertz CT molecular complexity index is 1280. The third kappa shape index (κ3) is 4.31. The standard InChI is InChI=1S/C23H22ClFN4O3/c1-15-6-7-17(24)12-20(15)27-8-10-28(11-9-27)21(30)18-13-26-23(32)29(22(18)31)14-16-4-2-3-5-19(16)25/h2-7,12-13H,8-11,14H2,1H3,(H,26,32). The predicted octanol–water partition coefficient (Wildman–Crippen LogP) is 2.65. The Morgan fingerprint density at radius 2 is 1.81 bits per heavy atom. The minimum absolute atomic E-state index is 0.145. The summed E-state index contributed by atoms with van der Waals surface area (Å²) in [5.41, 5.74) is 0.710. The molecule has 1 aliphatic heterocycles. The number of aromatic amines is 1. The molecule has 1 aliphatic rings. The lowest BCUT2D eigenvalue weighted by atomic mass is 10.1. The van der Waals surface area contributed by atoms with Crippen LogP contribution in [0.5, 0.6) is 0 Å². The first-order valence-electron chi connectivity index (χ1n) is 10.2. The topological polar surface area (TPSA) is 78.4 Å². The molecule has 3 aromatic rings. The molecule has 0 bridgehead atoms. The molecular weight excluding hydrogens is 435 g/mol. The molecule has 1 saturated heterocycles. The van der Waals surface area contributed by atoms with Crippen molar-refractivity contribution in [1.82, 2.24) is 14.5 Å². The van der Waals surface area contributed by atoms with Crippen molar-refractivity contribution in [3.63, 3.8) is 0 Å². The molecule has 1 N–H and O–H groups in total. The van der Waals surface area contributed by atoms with Crippen molar-refractivity contribution in [3.8, 4) is 0 Å². The van der Waals surface area contributed by atoms with Crippen LogP contribution in [0.1, 0.15) is 21.5 Å². The summed E-state index contributed by atoms with van der Waals surface area (Å²) in [4.78, 5) is 44.3. The predicted molar refractivity (Wildman–Crippen MR) is 121 cm³/mol. The highest BCUT2D eigenvalue weighted by Crippen LogP contribution is 2.25. The van der Waals surface area contributed by atoms with Crippen LogP contribution in [-0.4, -0.2) is 46.5 Å². The van der Waals surface area contributed by atoms with Crippen LogP contribution in [0.15, 0.2) is 58.3 Å². The second-order valence-corrected chi connectivity index (χ2v) is 8.14. The van der Waals surface area contributed by atoms with E-state index in [2.05, 4.69) is 9.88 Å². The zero-order valence-corrected chi connectivity index (χ0v) is 18.2. The summed E-state index contributed by atoms with van der Waals surface area (Å²) in [6.07, 6.45) is 1.14. The Balaban J connectivity index is 1.53. The van der Waals surface area contributed by atoms with Crippen molar-refractivity contribution in [2.75, 3.05) is 31.1 Å². The number of aryl methyl sites for hydroxylation is 1. The molecule has 0 unspecified atom stereocenters. The number of aromatic nitrogens is 2. The second kappa shape index (κ2) is 9.00. The van der Waals surface area contributed by atoms with Crippen LogP contribution >= 0.6 is 11.6 Å². The van der Waals surface area contributed by atoms with Crippen molar-refractivity contribution in [1.29, 1.82) is 0 Å². The van der Waals surface area contributed by atoms with Gasteiger partial charge in [-0.15, -0.1) is 0 Å². The average molecular weight is 457 g/mol. The summed E-state index contributed by atoms with van der Waals surface area (Å²) >= 11 is 6.13. The maximum atomic E-state index is 14.0. The number of amides is 1. The van der Waals surface area contributed by atoms with Crippen LogP contribution in [0.25, 0.3) is 0 Å². The Morgan fingerprint density at radius 1 is 1.09 bits per heavy atom. The van der Waals surface area contributed by atoms with E-state index < -0.39 is 23.0 Å². The van der Waals surface area contributed by atoms with Gasteiger partial charge in [0.05, 0.1) is 6.54 Å². The molecule has 1 fully saturated rings. The van der Waals surface area contributed by atoms with E-state index in [1.165, 1.54) is 18.2 Å². The maximum Gasteiger partial charge on any atom is 0.328 e. The molecule has 32 heavy (non-hydrogen) atoms. The molecule has 0 radical (unpaired) electrons. The fraction of sp³-hybridized carbons (Fsp3) is 0.261. The van der Waals surface area contributed by atoms with Crippen LogP contribution < -0.4 is 16.1 Å². The van der Waals surface area contributed by atoms with E-state index in [-0.39, 0.29) is 17.7 Å². The summed E-state index contributed by atoms with van der Waals surface area (Å²) in [6.45, 7) is 3.73. The van der Waals surface area contributed by atoms with Gasteiger partial charge in [-0.1, -0.05) is 35.9 Å². The second-order valence-electron chi connectivity index (χ2n) is 7.70. The molecule has 166 valence electrons. The van der Waals surface area contributed by atoms with Crippen molar-refractivity contribution in [2.24, 2.45) is 0 Å². The molecule has 4 rings (SSSR count). The van der Waals surface area contributed by atoms with Crippen LogP contribution in [0.2, 0.25) is 5.02 Å². The Kier molecular flexibility index (Phi) is 6.14. The smallest absolute Gasteiger partial charge is 0.328 e. The number of benzene rings is 2. The zero-order valence-electron chi connectivity index (χ0n) is 17.5. The van der Waals surface area contributed by atoms with Gasteiger partial charge in [-0.25, -0.2) is 9.18 Å². The number of H-pyrrole nitrogens is 1. The largest absolute Gasteiger partial charge is 0.368 e. The fourth-order valence-corrected chi connectivity index (χ4v) is 4.02. The van der Waals surface area contributed by atoms with Gasteiger partial charge >= 0.3 is 5.69 Å². The molecule has 0 saturated carbocycles. The molecule has 9 heteroatoms. The van der Waals surface area contributed by atoms with Crippen LogP contribution in [0, 0.1) is 12.7 Å². The lowest BCUT2D eigenvalue weighted by Crippen LogP contribution is -2.50. The zero-order chi connectivity index (χ0) is 22.8. The molecule has 1 aromatic heterocycles. The van der Waals surface area contributed by atoms with Gasteiger partial charge in [-0.3, -0.25) is 14.2 Å². The lowest BCUT2D eigenvalue weighted by Gasteiger charge is -2.36. The SMILES string of the molecule is Cc1ccc(Cl)cc1N1CCN(C(=O)c2c[nH]c(=O)n(Cc3ccccc3F)c2=O)CC1. The first kappa shape index (κ1) is 21.8. The molecule has 0 atom stereocenters. The highest BCUT2D eigenvalue weighted by Gasteiger charge is 2.26. The first-order chi connectivity index (χ1) is 15.3. The van der Waals surface area contributed by atoms with Gasteiger partial charge in [-0.2, -0.15) is 0 Å². The Morgan fingerprint density at radius 3 is 2.53 bits per heavy atom. The van der Waals surface area contributed by atoms with Crippen molar-refractivity contribution in [2.45, 2.75) is 13.5 Å². The lowest BCUT2D eigenvalue weighted by molar-refractivity contribution is 0.0743. The van der Waals surface area contributed by atoms with Gasteiger partial charge < -0.3 is 14.8 Å². The van der Waals surface area contributed by atoms with Gasteiger partial charge in [0.15, 0.2) is 0 Å². The average Bonchev–Trinajstić information content (AvgIpc) is 2.79. The van der Waals surface area contributed by atoms with Crippen molar-refractivity contribution >= 4 is 23.2 Å². The summed E-state index contributed by atoms with van der Waals surface area (Å²) in [7, 11) is 0. The molecule has 7 nitrogen and oxygen atoms in total. The number of anilines is 1. The van der Waals surface area contributed by atoms with E-state index in [4.69, 9.17) is 11.6 Å². The number of carbonyl (C=O) groups excluding carboxylic acids is 1. The summed E-state index contributed by atoms with van der Waals surface area (Å²) < 4.78 is 14.8. The number of halogens is 2. The van der Waals surface area contributed by atoms with E-state index in [1.54, 1.807) is 11.0 Å². The fourth-order valence-electron chi connectivity index (χ4n) is 3.85. The molecule has 0 spiro atoms. The van der Waals surface area contributed by atoms with Crippen LogP contribution in [0.3, 0.4) is 0 Å². The number of rotatable bonds is 4. The number of nitrogens with one attached hydrogen (secondary N) is 1. The number of hydrogen-bond acceptors (Lipinski definition) is 4. The minimum Gasteiger partial charge on any atom is -0.368 e. The van der Waals surface area contributed by atoms with Gasteiger partial charge in [0.25, 0.3) is 11.5 Å². The van der Waals surface area contributed by atoms with Gasteiger partial charge in [0.1, 0.15) is 11.4 Å². The molecular formula is C23H22ClFN4O3. The quantitative estimate of drug-likeness (QED) is 0.654. The highest BCUT2D eigenvalue weighted by atomic mass is 35.5. The van der Waals surface area contributed by atoms with E-state index in [1.807, 2.05) is 25.1 Å². The van der Waals surface area contributed by atoms with Crippen molar-refractivity contribution < 1.29 is 9.18 Å². The molecule has 1 amide bonds. The summed E-state index contributed by atoms with van der Waals surface area (Å²) in [5, 5.41) is 0.646. The monoisotopic (exact) mass is 456 g/mol. The number of piperazine rings is 1. The van der Waals surface area contributed by atoms with Gasteiger partial charge in [-0.05, 0) is 30.7 Å². The summed E-state index contributed by atoms with van der Waals surface area (Å²) in [5.74, 6) is -0.987. The van der Waals surface area contributed by atoms with E-state index in [0.717, 1.165) is 22.0 Å². The molecule has 2 heterocycles. The Labute approximate surface area is 188 Å². The van der Waals surface area contributed by atoms with Gasteiger partial charge in [0, 0.05) is 48.6 Å². The number of carbonyl (C=O) groups is 1. The normalized spacial score (nSPS) is 14.0. The van der Waals surface area contributed by atoms with Gasteiger partial charge in [0.2, 0.25) is 0 Å². The van der Waals surface area contributed by atoms with E-state index >= 15 is 0 Å². The maximum absolute atomic E-state index is 14.0. The third-order valence-corrected chi connectivity index (χ3v) is 5.89. The highest BCUT2D eigenvalue weighted by molar-refractivity contribution is 6.30. The van der Waals surface area contributed by atoms with E-state index in [0.29, 0.717) is 31.2 Å². The molecule has 2 aromatic carbocycles. The van der Waals surface area contributed by atoms with Crippen LogP contribution in [-0.2, 0) is 6.54 Å². The summed E-state index contributed by atoms with van der Waals surface area (Å²) in [6, 6.07) is 11.6. The van der Waals surface area contributed by atoms with Crippen LogP contribution in [0.4, 0.5) is 10.1 Å². The minimum atomic E-state index is -0.741. The van der Waals surface area contributed by atoms with Crippen molar-refractivity contribution in [3.05, 3.63) is 97.0 Å². The first-order valence-corrected chi connectivity index (χ1v) is 10.6. The number of hydrogen-bond donors (Lipinski definition) is 1.